The first-order valence-electron chi connectivity index (χ1n) is 10.2. The fraction of sp³-hybridized carbons (Fsp3) is 0.318. The maximum Gasteiger partial charge on any atom is 0.338 e. The molecule has 9 nitrogen and oxygen atoms in total. The monoisotopic (exact) mass is 459 g/mol. The van der Waals surface area contributed by atoms with Gasteiger partial charge < -0.3 is 10.1 Å². The quantitative estimate of drug-likeness (QED) is 0.613. The van der Waals surface area contributed by atoms with Crippen LogP contribution in [0.2, 0.25) is 0 Å². The predicted molar refractivity (Wildman–Crippen MR) is 118 cm³/mol. The molecule has 3 rings (SSSR count). The summed E-state index contributed by atoms with van der Waals surface area (Å²) in [6.07, 6.45) is 1.30. The molecule has 0 aliphatic carbocycles. The summed E-state index contributed by atoms with van der Waals surface area (Å²) in [5, 5.41) is 4.50. The summed E-state index contributed by atoms with van der Waals surface area (Å²) >= 11 is 0. The Balaban J connectivity index is 1.70. The molecule has 0 bridgehead atoms. The van der Waals surface area contributed by atoms with Crippen LogP contribution in [-0.4, -0.2) is 45.5 Å². The van der Waals surface area contributed by atoms with E-state index in [1.54, 1.807) is 12.1 Å². The van der Waals surface area contributed by atoms with Crippen molar-refractivity contribution >= 4 is 33.6 Å². The number of para-hydroxylation sites is 1. The number of carbonyl (C=O) groups is 3. The van der Waals surface area contributed by atoms with Crippen LogP contribution in [0.15, 0.2) is 53.4 Å². The Labute approximate surface area is 186 Å². The predicted octanol–water partition coefficient (Wildman–Crippen LogP) is 2.22. The molecule has 2 aromatic carbocycles. The van der Waals surface area contributed by atoms with E-state index < -0.39 is 34.5 Å². The average Bonchev–Trinajstić information content (AvgIpc) is 3.12. The van der Waals surface area contributed by atoms with E-state index >= 15 is 0 Å². The zero-order valence-electron chi connectivity index (χ0n) is 17.8. The van der Waals surface area contributed by atoms with Crippen LogP contribution >= 0.6 is 0 Å². The van der Waals surface area contributed by atoms with Gasteiger partial charge in [0.25, 0.3) is 15.9 Å². The van der Waals surface area contributed by atoms with Crippen LogP contribution < -0.4 is 14.9 Å². The zero-order chi connectivity index (χ0) is 23.3. The first kappa shape index (κ1) is 23.3. The van der Waals surface area contributed by atoms with Crippen molar-refractivity contribution in [1.29, 1.82) is 0 Å². The highest BCUT2D eigenvalue weighted by atomic mass is 32.2. The number of benzene rings is 2. The molecule has 0 saturated carbocycles. The molecule has 170 valence electrons. The van der Waals surface area contributed by atoms with E-state index in [-0.39, 0.29) is 16.5 Å². The number of nitrogens with zero attached hydrogens (tertiary/aromatic N) is 1. The van der Waals surface area contributed by atoms with Gasteiger partial charge in [-0.2, -0.15) is 0 Å². The lowest BCUT2D eigenvalue weighted by Gasteiger charge is -2.24. The lowest BCUT2D eigenvalue weighted by Crippen LogP contribution is -2.41. The normalized spacial score (nSPS) is 15.1. The highest BCUT2D eigenvalue weighted by Crippen LogP contribution is 2.36. The Morgan fingerprint density at radius 2 is 1.88 bits per heavy atom. The van der Waals surface area contributed by atoms with Crippen molar-refractivity contribution < 1.29 is 27.5 Å². The van der Waals surface area contributed by atoms with Crippen LogP contribution in [0.3, 0.4) is 0 Å². The summed E-state index contributed by atoms with van der Waals surface area (Å²) in [7, 11) is -3.92. The number of carbonyl (C=O) groups excluding carboxylic acids is 3. The summed E-state index contributed by atoms with van der Waals surface area (Å²) in [5.74, 6) is -1.67. The van der Waals surface area contributed by atoms with Crippen LogP contribution in [-0.2, 0) is 26.0 Å². The molecule has 2 N–H and O–H groups in total. The molecule has 1 heterocycles. The maximum absolute atomic E-state index is 13.3. The average molecular weight is 460 g/mol. The Hall–Kier alpha value is -3.40. The van der Waals surface area contributed by atoms with Crippen molar-refractivity contribution in [3.8, 4) is 0 Å². The second-order valence-electron chi connectivity index (χ2n) is 7.39. The van der Waals surface area contributed by atoms with Crippen LogP contribution in [0.4, 0.5) is 10.5 Å². The highest BCUT2D eigenvalue weighted by molar-refractivity contribution is 7.92. The Morgan fingerprint density at radius 1 is 1.12 bits per heavy atom. The third-order valence-electron chi connectivity index (χ3n) is 4.89. The second-order valence-corrected chi connectivity index (χ2v) is 9.21. The van der Waals surface area contributed by atoms with E-state index in [2.05, 4.69) is 5.32 Å². The highest BCUT2D eigenvalue weighted by Gasteiger charge is 2.36. The standard InChI is InChI=1S/C22H25N3O6S/c1-3-11-23-22(28)24-20(26)14-31-21(27)17-8-6-9-18(13-17)32(29,30)25-15(2)12-16-7-4-5-10-19(16)25/h4-10,13,15H,3,11-12,14H2,1-2H3,(H2,23,24,26,28)/t15-/m1/s1. The van der Waals surface area contributed by atoms with Crippen LogP contribution in [0.5, 0.6) is 0 Å². The fourth-order valence-corrected chi connectivity index (χ4v) is 5.20. The van der Waals surface area contributed by atoms with Crippen molar-refractivity contribution in [1.82, 2.24) is 10.6 Å². The van der Waals surface area contributed by atoms with Crippen molar-refractivity contribution in [2.75, 3.05) is 17.5 Å². The first-order chi connectivity index (χ1) is 15.2. The minimum Gasteiger partial charge on any atom is -0.452 e. The molecule has 2 aromatic rings. The van der Waals surface area contributed by atoms with Gasteiger partial charge in [-0.05, 0) is 49.6 Å². The van der Waals surface area contributed by atoms with E-state index in [4.69, 9.17) is 4.74 Å². The minimum atomic E-state index is -3.92. The van der Waals surface area contributed by atoms with Crippen LogP contribution in [0.1, 0.15) is 36.2 Å². The van der Waals surface area contributed by atoms with E-state index in [0.717, 1.165) is 5.56 Å². The number of sulfonamides is 1. The lowest BCUT2D eigenvalue weighted by molar-refractivity contribution is -0.123. The molecule has 10 heteroatoms. The summed E-state index contributed by atoms with van der Waals surface area (Å²) in [5.41, 5.74) is 1.54. The summed E-state index contributed by atoms with van der Waals surface area (Å²) < 4.78 is 32.9. The number of rotatable bonds is 7. The largest absolute Gasteiger partial charge is 0.452 e. The van der Waals surface area contributed by atoms with Crippen LogP contribution in [0.25, 0.3) is 0 Å². The van der Waals surface area contributed by atoms with Gasteiger partial charge in [-0.3, -0.25) is 14.4 Å². The summed E-state index contributed by atoms with van der Waals surface area (Å²) in [6.45, 7) is 3.42. The number of anilines is 1. The van der Waals surface area contributed by atoms with E-state index in [9.17, 15) is 22.8 Å². The van der Waals surface area contributed by atoms with E-state index in [1.165, 1.54) is 28.6 Å². The zero-order valence-corrected chi connectivity index (χ0v) is 18.6. The number of hydrogen-bond donors (Lipinski definition) is 2. The Kier molecular flexibility index (Phi) is 7.14. The number of fused-ring (bicyclic) bond motifs is 1. The number of imide groups is 1. The number of ether oxygens (including phenoxy) is 1. The van der Waals surface area contributed by atoms with Crippen LogP contribution in [0, 0.1) is 0 Å². The minimum absolute atomic E-state index is 0.0190. The van der Waals surface area contributed by atoms with Crippen molar-refractivity contribution in [2.45, 2.75) is 37.6 Å². The van der Waals surface area contributed by atoms with Crippen molar-refractivity contribution in [3.63, 3.8) is 0 Å². The Bertz CT molecular complexity index is 1130. The van der Waals surface area contributed by atoms with Gasteiger partial charge in [-0.1, -0.05) is 31.2 Å². The SMILES string of the molecule is CCCNC(=O)NC(=O)COC(=O)c1cccc(S(=O)(=O)N2c3ccccc3C[C@H]2C)c1. The van der Waals surface area contributed by atoms with Gasteiger partial charge in [0.2, 0.25) is 0 Å². The number of nitrogens with one attached hydrogen (secondary N) is 2. The van der Waals surface area contributed by atoms with Gasteiger partial charge in [0.1, 0.15) is 0 Å². The number of amides is 3. The maximum atomic E-state index is 13.3. The number of hydrogen-bond acceptors (Lipinski definition) is 6. The third kappa shape index (κ3) is 5.08. The second kappa shape index (κ2) is 9.82. The smallest absolute Gasteiger partial charge is 0.338 e. The molecular weight excluding hydrogens is 434 g/mol. The molecule has 0 fully saturated rings. The molecule has 0 aromatic heterocycles. The number of urea groups is 1. The molecule has 1 aliphatic rings. The summed E-state index contributed by atoms with van der Waals surface area (Å²) in [6, 6.07) is 11.8. The number of esters is 1. The van der Waals surface area contributed by atoms with Gasteiger partial charge >= 0.3 is 12.0 Å². The fourth-order valence-electron chi connectivity index (χ4n) is 3.46. The molecule has 3 amide bonds. The molecule has 1 atom stereocenters. The lowest BCUT2D eigenvalue weighted by atomic mass is 10.1. The van der Waals surface area contributed by atoms with Gasteiger partial charge in [-0.25, -0.2) is 18.0 Å². The molecular formula is C22H25N3O6S. The molecule has 0 radical (unpaired) electrons. The third-order valence-corrected chi connectivity index (χ3v) is 6.82. The topological polar surface area (TPSA) is 122 Å². The van der Waals surface area contributed by atoms with Gasteiger partial charge in [-0.15, -0.1) is 0 Å². The van der Waals surface area contributed by atoms with E-state index in [1.807, 2.05) is 31.3 Å². The van der Waals surface area contributed by atoms with Gasteiger partial charge in [0.05, 0.1) is 16.1 Å². The molecule has 0 unspecified atom stereocenters. The molecule has 1 aliphatic heterocycles. The molecule has 0 spiro atoms. The van der Waals surface area contributed by atoms with E-state index in [0.29, 0.717) is 25.1 Å². The summed E-state index contributed by atoms with van der Waals surface area (Å²) in [4.78, 5) is 35.5. The molecule has 32 heavy (non-hydrogen) atoms. The van der Waals surface area contributed by atoms with Gasteiger partial charge in [0.15, 0.2) is 6.61 Å². The van der Waals surface area contributed by atoms with Crippen molar-refractivity contribution in [2.24, 2.45) is 0 Å². The Morgan fingerprint density at radius 3 is 2.62 bits per heavy atom. The molecule has 0 saturated heterocycles. The van der Waals surface area contributed by atoms with Gasteiger partial charge in [0, 0.05) is 12.6 Å². The first-order valence-corrected chi connectivity index (χ1v) is 11.6. The van der Waals surface area contributed by atoms with Crippen molar-refractivity contribution in [3.05, 3.63) is 59.7 Å².